The van der Waals surface area contributed by atoms with Crippen molar-refractivity contribution in [2.24, 2.45) is 11.8 Å². The van der Waals surface area contributed by atoms with Crippen LogP contribution in [0.2, 0.25) is 0 Å². The van der Waals surface area contributed by atoms with Gasteiger partial charge in [0.25, 0.3) is 0 Å². The third kappa shape index (κ3) is 5.30. The minimum atomic E-state index is -0.914. The van der Waals surface area contributed by atoms with Crippen molar-refractivity contribution in [1.82, 2.24) is 29.7 Å². The Balaban J connectivity index is 1.43. The Labute approximate surface area is 275 Å². The van der Waals surface area contributed by atoms with E-state index in [9.17, 15) is 19.5 Å². The Hall–Kier alpha value is -3.48. The van der Waals surface area contributed by atoms with E-state index in [1.54, 1.807) is 50.3 Å². The smallest absolute Gasteiger partial charge is 0.248 e. The molecule has 10 nitrogen and oxygen atoms in total. The Bertz CT molecular complexity index is 1620. The number of nitrogens with zero attached hydrogens (tertiary/aromatic N) is 6. The predicted molar refractivity (Wildman–Crippen MR) is 177 cm³/mol. The van der Waals surface area contributed by atoms with E-state index in [1.807, 2.05) is 54.6 Å². The molecule has 0 aliphatic carbocycles. The number of hydrogen-bond acceptors (Lipinski definition) is 7. The van der Waals surface area contributed by atoms with E-state index < -0.39 is 28.7 Å². The molecule has 12 heteroatoms. The van der Waals surface area contributed by atoms with Gasteiger partial charge in [-0.2, -0.15) is 0 Å². The van der Waals surface area contributed by atoms with Crippen molar-refractivity contribution in [2.75, 3.05) is 26.7 Å². The Morgan fingerprint density at radius 3 is 2.56 bits per heavy atom. The fourth-order valence-corrected chi connectivity index (χ4v) is 11.0. The van der Waals surface area contributed by atoms with E-state index in [4.69, 9.17) is 0 Å². The van der Waals surface area contributed by atoms with Gasteiger partial charge >= 0.3 is 0 Å². The van der Waals surface area contributed by atoms with Crippen molar-refractivity contribution in [1.29, 1.82) is 0 Å². The number of fused-ring (bicyclic) bond motifs is 2. The van der Waals surface area contributed by atoms with Gasteiger partial charge in [0.15, 0.2) is 0 Å². The highest BCUT2D eigenvalue weighted by Gasteiger charge is 2.76. The number of carbonyl (C=O) groups excluding carboxylic acids is 3. The maximum Gasteiger partial charge on any atom is 0.248 e. The van der Waals surface area contributed by atoms with E-state index in [2.05, 4.69) is 39.4 Å². The average molecular weight is 694 g/mol. The molecule has 3 aromatic rings. The number of likely N-dealkylation sites (N-methyl/N-ethyl adjacent to an activating group) is 1. The Morgan fingerprint density at radius 2 is 1.84 bits per heavy atom. The van der Waals surface area contributed by atoms with Gasteiger partial charge in [0.1, 0.15) is 18.2 Å². The first kappa shape index (κ1) is 31.5. The quantitative estimate of drug-likeness (QED) is 0.229. The second kappa shape index (κ2) is 12.7. The molecule has 2 aromatic carbocycles. The first-order valence-corrected chi connectivity index (χ1v) is 16.9. The van der Waals surface area contributed by atoms with Gasteiger partial charge in [-0.1, -0.05) is 75.8 Å². The standard InChI is InChI=1S/C33H37BrN6O4S/c1-4-15-37(3)30(42)26-27-31(43)40(22(19-41)17-21-11-7-6-8-12-21)29(33(27)18-23(34)28(26)45-33)32(44)38(16-5-2)20-39-25-14-10-9-13-24(25)35-36-39/h4-14,22-23,26-29,41H,1-2,15-20H2,3H3/t22-,23?,26+,27+,28+,29?,33?/m1/s1. The molecule has 3 aliphatic heterocycles. The lowest BCUT2D eigenvalue weighted by Gasteiger charge is -2.40. The summed E-state index contributed by atoms with van der Waals surface area (Å²) in [5.41, 5.74) is 2.43. The lowest BCUT2D eigenvalue weighted by atomic mass is 9.70. The summed E-state index contributed by atoms with van der Waals surface area (Å²) in [6, 6.07) is 15.6. The highest BCUT2D eigenvalue weighted by Crippen LogP contribution is 2.68. The molecule has 3 saturated heterocycles. The fourth-order valence-electron chi connectivity index (χ4n) is 7.43. The van der Waals surface area contributed by atoms with Crippen LogP contribution >= 0.6 is 27.7 Å². The number of aromatic nitrogens is 3. The number of thioether (sulfide) groups is 1. The number of rotatable bonds is 12. The zero-order valence-corrected chi connectivity index (χ0v) is 27.5. The number of para-hydroxylation sites is 1. The number of benzene rings is 2. The summed E-state index contributed by atoms with van der Waals surface area (Å²) in [6.45, 7) is 8.02. The maximum atomic E-state index is 15.0. The number of likely N-dealkylation sites (tertiary alicyclic amines) is 1. The highest BCUT2D eigenvalue weighted by molar-refractivity contribution is 9.09. The molecule has 1 aromatic heterocycles. The van der Waals surface area contributed by atoms with Crippen LogP contribution in [0.5, 0.6) is 0 Å². The maximum absolute atomic E-state index is 15.0. The first-order valence-electron chi connectivity index (χ1n) is 15.1. The van der Waals surface area contributed by atoms with E-state index >= 15 is 0 Å². The zero-order valence-electron chi connectivity index (χ0n) is 25.1. The number of aliphatic hydroxyl groups excluding tert-OH is 1. The summed E-state index contributed by atoms with van der Waals surface area (Å²) in [5, 5.41) is 19.2. The summed E-state index contributed by atoms with van der Waals surface area (Å²) in [6.07, 6.45) is 4.23. The number of hydrogen-bond donors (Lipinski definition) is 1. The lowest BCUT2D eigenvalue weighted by molar-refractivity contribution is -0.147. The van der Waals surface area contributed by atoms with Crippen LogP contribution in [0.25, 0.3) is 11.0 Å². The number of halogens is 1. The van der Waals surface area contributed by atoms with Crippen molar-refractivity contribution in [2.45, 2.75) is 46.4 Å². The minimum absolute atomic E-state index is 0.0679. The summed E-state index contributed by atoms with van der Waals surface area (Å²) in [5.74, 6) is -1.98. The van der Waals surface area contributed by atoms with Crippen LogP contribution in [-0.2, 0) is 27.5 Å². The third-order valence-corrected chi connectivity index (χ3v) is 12.5. The van der Waals surface area contributed by atoms with Crippen molar-refractivity contribution < 1.29 is 19.5 Å². The molecule has 0 radical (unpaired) electrons. The average Bonchev–Trinajstić information content (AvgIpc) is 3.77. The molecule has 236 valence electrons. The van der Waals surface area contributed by atoms with E-state index in [0.29, 0.717) is 24.9 Å². The van der Waals surface area contributed by atoms with Crippen molar-refractivity contribution in [3.05, 3.63) is 85.5 Å². The molecule has 1 spiro atoms. The lowest BCUT2D eigenvalue weighted by Crippen LogP contribution is -2.58. The van der Waals surface area contributed by atoms with Gasteiger partial charge in [-0.25, -0.2) is 4.68 Å². The van der Waals surface area contributed by atoms with Crippen LogP contribution in [-0.4, -0.2) is 106 Å². The minimum Gasteiger partial charge on any atom is -0.394 e. The molecule has 4 heterocycles. The van der Waals surface area contributed by atoms with Gasteiger partial charge in [0, 0.05) is 30.2 Å². The van der Waals surface area contributed by atoms with Gasteiger partial charge in [0.2, 0.25) is 17.7 Å². The number of carbonyl (C=O) groups is 3. The van der Waals surface area contributed by atoms with Gasteiger partial charge in [-0.15, -0.1) is 30.0 Å². The largest absolute Gasteiger partial charge is 0.394 e. The molecular weight excluding hydrogens is 656 g/mol. The van der Waals surface area contributed by atoms with Gasteiger partial charge in [-0.3, -0.25) is 14.4 Å². The number of aliphatic hydroxyl groups is 1. The molecule has 3 fully saturated rings. The topological polar surface area (TPSA) is 112 Å². The third-order valence-electron chi connectivity index (χ3n) is 9.33. The number of amides is 3. The summed E-state index contributed by atoms with van der Waals surface area (Å²) < 4.78 is 0.805. The van der Waals surface area contributed by atoms with Crippen LogP contribution in [0, 0.1) is 11.8 Å². The molecule has 6 rings (SSSR count). The van der Waals surface area contributed by atoms with Crippen LogP contribution in [0.15, 0.2) is 79.9 Å². The SMILES string of the molecule is C=CCN(C)C(=O)[C@H]1[C@H]2C(=O)N([C@@H](CO)Cc3ccccc3)C(C(=O)N(CC=C)Cn3nnc4ccccc43)C23CC(Br)[C@@H]1S3. The fraction of sp³-hybridized carbons (Fsp3) is 0.424. The predicted octanol–water partition coefficient (Wildman–Crippen LogP) is 3.12. The van der Waals surface area contributed by atoms with Crippen LogP contribution in [0.3, 0.4) is 0 Å². The van der Waals surface area contributed by atoms with Gasteiger partial charge < -0.3 is 19.8 Å². The zero-order chi connectivity index (χ0) is 31.9. The van der Waals surface area contributed by atoms with Crippen LogP contribution < -0.4 is 0 Å². The van der Waals surface area contributed by atoms with E-state index in [0.717, 1.165) is 11.1 Å². The second-order valence-corrected chi connectivity index (χ2v) is 14.7. The van der Waals surface area contributed by atoms with Crippen LogP contribution in [0.1, 0.15) is 12.0 Å². The summed E-state index contributed by atoms with van der Waals surface area (Å²) in [4.78, 5) is 48.4. The Kier molecular flexibility index (Phi) is 8.91. The molecular formula is C33H37BrN6O4S. The van der Waals surface area contributed by atoms with E-state index in [-0.39, 0.29) is 47.6 Å². The molecule has 45 heavy (non-hydrogen) atoms. The van der Waals surface area contributed by atoms with Crippen molar-refractivity contribution in [3.63, 3.8) is 0 Å². The summed E-state index contributed by atoms with van der Waals surface area (Å²) >= 11 is 5.42. The summed E-state index contributed by atoms with van der Waals surface area (Å²) in [7, 11) is 1.72. The molecule has 3 aliphatic rings. The first-order chi connectivity index (χ1) is 21.7. The molecule has 0 saturated carbocycles. The molecule has 2 bridgehead atoms. The Morgan fingerprint density at radius 1 is 1.13 bits per heavy atom. The second-order valence-electron chi connectivity index (χ2n) is 12.0. The molecule has 3 unspecified atom stereocenters. The van der Waals surface area contributed by atoms with Crippen LogP contribution in [0.4, 0.5) is 0 Å². The molecule has 7 atom stereocenters. The molecule has 3 amide bonds. The monoisotopic (exact) mass is 692 g/mol. The number of alkyl halides is 1. The van der Waals surface area contributed by atoms with Crippen molar-refractivity contribution in [3.8, 4) is 0 Å². The normalized spacial score (nSPS) is 27.4. The molecule has 1 N–H and O–H groups in total. The highest BCUT2D eigenvalue weighted by atomic mass is 79.9. The van der Waals surface area contributed by atoms with Gasteiger partial charge in [-0.05, 0) is 30.5 Å². The van der Waals surface area contributed by atoms with Gasteiger partial charge in [0.05, 0.1) is 34.7 Å². The van der Waals surface area contributed by atoms with Crippen molar-refractivity contribution >= 4 is 56.4 Å². The van der Waals surface area contributed by atoms with E-state index in [1.165, 1.54) is 0 Å².